The molecule has 0 bridgehead atoms. The Bertz CT molecular complexity index is 766. The molecule has 0 radical (unpaired) electrons. The molecule has 29 heavy (non-hydrogen) atoms. The van der Waals surface area contributed by atoms with E-state index in [2.05, 4.69) is 10.2 Å². The van der Waals surface area contributed by atoms with Gasteiger partial charge in [0.25, 0.3) is 11.7 Å². The topological polar surface area (TPSA) is 80.3 Å². The molecule has 3 aliphatic rings. The number of nitrogens with zero attached hydrogens (tertiary/aromatic N) is 2. The molecule has 0 saturated carbocycles. The van der Waals surface area contributed by atoms with Crippen LogP contribution >= 0.6 is 0 Å². The zero-order valence-electron chi connectivity index (χ0n) is 17.1. The molecule has 1 aromatic carbocycles. The van der Waals surface area contributed by atoms with E-state index in [9.17, 15) is 9.59 Å². The Morgan fingerprint density at radius 2 is 1.90 bits per heavy atom. The quantitative estimate of drug-likeness (QED) is 0.715. The van der Waals surface area contributed by atoms with E-state index in [-0.39, 0.29) is 17.9 Å². The van der Waals surface area contributed by atoms with Gasteiger partial charge < -0.3 is 24.3 Å². The standard InChI is InChI=1S/C21H29N3O5/c1-20(2)14-28-21(29-15-20)17-13-16(22-5-6-23-8-11-27-12-9-23)3-4-18(17)24(7-10-25)19(21)26/h3-4,10,13,22H,5-9,11-12,14-15H2,1-2H3. The largest absolute Gasteiger partial charge is 0.384 e. The van der Waals surface area contributed by atoms with Crippen LogP contribution in [0.4, 0.5) is 11.4 Å². The van der Waals surface area contributed by atoms with Gasteiger partial charge in [0.15, 0.2) is 0 Å². The lowest BCUT2D eigenvalue weighted by Crippen LogP contribution is -2.51. The number of benzene rings is 1. The van der Waals surface area contributed by atoms with E-state index in [1.165, 1.54) is 4.90 Å². The number of aldehydes is 1. The van der Waals surface area contributed by atoms with Crippen LogP contribution in [0.15, 0.2) is 18.2 Å². The van der Waals surface area contributed by atoms with Gasteiger partial charge in [-0.25, -0.2) is 0 Å². The Hall–Kier alpha value is -2.00. The molecule has 4 rings (SSSR count). The SMILES string of the molecule is CC1(C)COC2(OC1)C(=O)N(CC=O)c1ccc(NCCN3CCOCC3)cc12. The van der Waals surface area contributed by atoms with Crippen LogP contribution in [0.2, 0.25) is 0 Å². The van der Waals surface area contributed by atoms with Gasteiger partial charge in [0.1, 0.15) is 6.29 Å². The molecule has 8 heteroatoms. The predicted molar refractivity (Wildman–Crippen MR) is 108 cm³/mol. The predicted octanol–water partition coefficient (Wildman–Crippen LogP) is 1.20. The Balaban J connectivity index is 1.53. The molecule has 8 nitrogen and oxygen atoms in total. The summed E-state index contributed by atoms with van der Waals surface area (Å²) in [7, 11) is 0. The minimum atomic E-state index is -1.46. The summed E-state index contributed by atoms with van der Waals surface area (Å²) in [6.07, 6.45) is 0.724. The molecule has 2 saturated heterocycles. The van der Waals surface area contributed by atoms with Gasteiger partial charge in [-0.2, -0.15) is 0 Å². The third-order valence-electron chi connectivity index (χ3n) is 5.62. The van der Waals surface area contributed by atoms with Crippen LogP contribution in [0.25, 0.3) is 0 Å². The fourth-order valence-electron chi connectivity index (χ4n) is 3.94. The highest BCUT2D eigenvalue weighted by molar-refractivity contribution is 6.08. The summed E-state index contributed by atoms with van der Waals surface area (Å²) in [4.78, 5) is 28.1. The van der Waals surface area contributed by atoms with Crippen molar-refractivity contribution in [3.8, 4) is 0 Å². The Kier molecular flexibility index (Phi) is 5.61. The van der Waals surface area contributed by atoms with Crippen molar-refractivity contribution in [3.05, 3.63) is 23.8 Å². The van der Waals surface area contributed by atoms with E-state index < -0.39 is 5.79 Å². The molecule has 1 amide bonds. The lowest BCUT2D eigenvalue weighted by molar-refractivity contribution is -0.286. The molecule has 0 unspecified atom stereocenters. The number of hydrogen-bond acceptors (Lipinski definition) is 7. The lowest BCUT2D eigenvalue weighted by Gasteiger charge is -2.40. The maximum absolute atomic E-state index is 13.2. The monoisotopic (exact) mass is 403 g/mol. The highest BCUT2D eigenvalue weighted by Crippen LogP contribution is 2.48. The van der Waals surface area contributed by atoms with Crippen molar-refractivity contribution in [1.82, 2.24) is 4.90 Å². The van der Waals surface area contributed by atoms with Gasteiger partial charge in [0.05, 0.1) is 38.7 Å². The van der Waals surface area contributed by atoms with Crippen molar-refractivity contribution in [2.24, 2.45) is 5.41 Å². The van der Waals surface area contributed by atoms with Crippen molar-refractivity contribution in [2.45, 2.75) is 19.6 Å². The smallest absolute Gasteiger partial charge is 0.292 e. The Morgan fingerprint density at radius 1 is 1.17 bits per heavy atom. The van der Waals surface area contributed by atoms with Crippen LogP contribution in [0, 0.1) is 5.41 Å². The summed E-state index contributed by atoms with van der Waals surface area (Å²) in [6, 6.07) is 5.69. The van der Waals surface area contributed by atoms with E-state index >= 15 is 0 Å². The number of anilines is 2. The fraction of sp³-hybridized carbons (Fsp3) is 0.619. The van der Waals surface area contributed by atoms with E-state index in [1.807, 2.05) is 32.0 Å². The number of ether oxygens (including phenoxy) is 3. The molecule has 1 N–H and O–H groups in total. The number of fused-ring (bicyclic) bond motifs is 2. The Morgan fingerprint density at radius 3 is 2.59 bits per heavy atom. The lowest BCUT2D eigenvalue weighted by atomic mass is 9.93. The second kappa shape index (κ2) is 8.02. The van der Waals surface area contributed by atoms with Gasteiger partial charge in [-0.3, -0.25) is 14.6 Å². The van der Waals surface area contributed by atoms with E-state index in [4.69, 9.17) is 14.2 Å². The molecule has 3 heterocycles. The summed E-state index contributed by atoms with van der Waals surface area (Å²) >= 11 is 0. The van der Waals surface area contributed by atoms with Crippen molar-refractivity contribution in [2.75, 3.05) is 69.4 Å². The van der Waals surface area contributed by atoms with Crippen LogP contribution in [-0.2, 0) is 29.6 Å². The first-order valence-electron chi connectivity index (χ1n) is 10.2. The van der Waals surface area contributed by atoms with Crippen LogP contribution in [0.3, 0.4) is 0 Å². The molecule has 0 atom stereocenters. The molecular weight excluding hydrogens is 374 g/mol. The van der Waals surface area contributed by atoms with Crippen LogP contribution in [-0.4, -0.2) is 76.2 Å². The molecule has 3 aliphatic heterocycles. The number of hydrogen-bond donors (Lipinski definition) is 1. The third kappa shape index (κ3) is 3.90. The number of carbonyl (C=O) groups is 2. The van der Waals surface area contributed by atoms with Gasteiger partial charge in [-0.1, -0.05) is 13.8 Å². The highest BCUT2D eigenvalue weighted by Gasteiger charge is 2.56. The van der Waals surface area contributed by atoms with Crippen LogP contribution in [0.5, 0.6) is 0 Å². The molecule has 0 aromatic heterocycles. The average Bonchev–Trinajstić information content (AvgIpc) is 2.94. The molecule has 158 valence electrons. The minimum absolute atomic E-state index is 0.0203. The summed E-state index contributed by atoms with van der Waals surface area (Å²) in [5.41, 5.74) is 2.06. The van der Waals surface area contributed by atoms with Gasteiger partial charge >= 0.3 is 0 Å². The van der Waals surface area contributed by atoms with Gasteiger partial charge in [-0.05, 0) is 18.2 Å². The molecule has 1 spiro atoms. The first-order valence-corrected chi connectivity index (χ1v) is 10.2. The number of morpholine rings is 1. The second-order valence-corrected chi connectivity index (χ2v) is 8.55. The van der Waals surface area contributed by atoms with Gasteiger partial charge in [0, 0.05) is 42.8 Å². The molecular formula is C21H29N3O5. The molecule has 0 aliphatic carbocycles. The van der Waals surface area contributed by atoms with Crippen molar-refractivity contribution < 1.29 is 23.8 Å². The molecule has 1 aromatic rings. The number of amides is 1. The first kappa shape index (κ1) is 20.3. The maximum atomic E-state index is 13.2. The summed E-state index contributed by atoms with van der Waals surface area (Å²) < 4.78 is 17.4. The summed E-state index contributed by atoms with van der Waals surface area (Å²) in [6.45, 7) is 10.0. The van der Waals surface area contributed by atoms with Crippen molar-refractivity contribution in [3.63, 3.8) is 0 Å². The Labute approximate surface area is 171 Å². The second-order valence-electron chi connectivity index (χ2n) is 8.55. The first-order chi connectivity index (χ1) is 14.0. The van der Waals surface area contributed by atoms with Crippen molar-refractivity contribution in [1.29, 1.82) is 0 Å². The van der Waals surface area contributed by atoms with Gasteiger partial charge in [0.2, 0.25) is 0 Å². The number of rotatable bonds is 6. The van der Waals surface area contributed by atoms with Gasteiger partial charge in [-0.15, -0.1) is 0 Å². The zero-order chi connectivity index (χ0) is 20.5. The van der Waals surface area contributed by atoms with E-state index in [0.29, 0.717) is 24.5 Å². The van der Waals surface area contributed by atoms with Crippen LogP contribution in [0.1, 0.15) is 19.4 Å². The van der Waals surface area contributed by atoms with E-state index in [1.54, 1.807) is 0 Å². The van der Waals surface area contributed by atoms with Crippen LogP contribution < -0.4 is 10.2 Å². The normalized spacial score (nSPS) is 23.2. The summed E-state index contributed by atoms with van der Waals surface area (Å²) in [5.74, 6) is -1.80. The average molecular weight is 403 g/mol. The zero-order valence-corrected chi connectivity index (χ0v) is 17.1. The summed E-state index contributed by atoms with van der Waals surface area (Å²) in [5, 5.41) is 3.43. The number of carbonyl (C=O) groups excluding carboxylic acids is 2. The molecule has 2 fully saturated rings. The van der Waals surface area contributed by atoms with Crippen molar-refractivity contribution >= 4 is 23.6 Å². The van der Waals surface area contributed by atoms with E-state index in [0.717, 1.165) is 51.4 Å². The highest BCUT2D eigenvalue weighted by atomic mass is 16.7. The maximum Gasteiger partial charge on any atom is 0.292 e. The fourth-order valence-corrected chi connectivity index (χ4v) is 3.94. The third-order valence-corrected chi connectivity index (χ3v) is 5.62. The minimum Gasteiger partial charge on any atom is -0.384 e. The number of nitrogens with one attached hydrogen (secondary N) is 1.